The van der Waals surface area contributed by atoms with E-state index in [1.54, 1.807) is 12.1 Å². The minimum absolute atomic E-state index is 0.0696. The molecule has 0 aromatic heterocycles. The molecule has 2 saturated heterocycles. The molecular formula is C18H22N2O6S. The van der Waals surface area contributed by atoms with Gasteiger partial charge in [-0.15, -0.1) is 0 Å². The number of esters is 2. The summed E-state index contributed by atoms with van der Waals surface area (Å²) in [6, 6.07) is 4.97. The van der Waals surface area contributed by atoms with Gasteiger partial charge in [0, 0.05) is 45.1 Å². The Kier molecular flexibility index (Phi) is 4.90. The van der Waals surface area contributed by atoms with Crippen LogP contribution >= 0.6 is 0 Å². The number of cyclic esters (lactones) is 2. The SMILES string of the molecule is CC1(C)OC(=O)C(=CNc2cc(N3CCCC3)ccc2S(C)(=O)=O)C(=O)O1. The van der Waals surface area contributed by atoms with Crippen LogP contribution in [0.1, 0.15) is 26.7 Å². The van der Waals surface area contributed by atoms with Crippen LogP contribution in [0.4, 0.5) is 11.4 Å². The van der Waals surface area contributed by atoms with Gasteiger partial charge in [0.2, 0.25) is 0 Å². The Morgan fingerprint density at radius 3 is 2.26 bits per heavy atom. The third-order valence-corrected chi connectivity index (χ3v) is 5.48. The van der Waals surface area contributed by atoms with E-state index in [-0.39, 0.29) is 16.2 Å². The van der Waals surface area contributed by atoms with Crippen LogP contribution in [0, 0.1) is 0 Å². The minimum Gasteiger partial charge on any atom is -0.419 e. The molecule has 2 aliphatic heterocycles. The lowest BCUT2D eigenvalue weighted by molar-refractivity contribution is -0.222. The zero-order valence-corrected chi connectivity index (χ0v) is 16.3. The molecule has 9 heteroatoms. The normalized spacial score (nSPS) is 19.5. The van der Waals surface area contributed by atoms with Crippen LogP contribution in [-0.4, -0.2) is 45.5 Å². The third-order valence-electron chi connectivity index (χ3n) is 4.32. The number of benzene rings is 1. The fourth-order valence-corrected chi connectivity index (χ4v) is 3.89. The van der Waals surface area contributed by atoms with Gasteiger partial charge in [-0.05, 0) is 31.0 Å². The predicted octanol–water partition coefficient (Wildman–Crippen LogP) is 1.82. The van der Waals surface area contributed by atoms with E-state index in [0.29, 0.717) is 0 Å². The molecular weight excluding hydrogens is 372 g/mol. The average Bonchev–Trinajstić information content (AvgIpc) is 3.06. The maximum absolute atomic E-state index is 12.1. The smallest absolute Gasteiger partial charge is 0.350 e. The highest BCUT2D eigenvalue weighted by atomic mass is 32.2. The van der Waals surface area contributed by atoms with Crippen LogP contribution < -0.4 is 10.2 Å². The van der Waals surface area contributed by atoms with Crippen LogP contribution in [0.25, 0.3) is 0 Å². The molecule has 2 fully saturated rings. The number of carbonyl (C=O) groups excluding carboxylic acids is 2. The van der Waals surface area contributed by atoms with Gasteiger partial charge in [-0.25, -0.2) is 18.0 Å². The minimum atomic E-state index is -3.51. The third kappa shape index (κ3) is 4.24. The van der Waals surface area contributed by atoms with Crippen LogP contribution in [0.2, 0.25) is 0 Å². The van der Waals surface area contributed by atoms with E-state index in [9.17, 15) is 18.0 Å². The molecule has 2 aliphatic rings. The van der Waals surface area contributed by atoms with Crippen LogP contribution in [0.3, 0.4) is 0 Å². The molecule has 0 saturated carbocycles. The Labute approximate surface area is 158 Å². The van der Waals surface area contributed by atoms with Crippen molar-refractivity contribution in [3.8, 4) is 0 Å². The van der Waals surface area contributed by atoms with E-state index >= 15 is 0 Å². The van der Waals surface area contributed by atoms with Crippen molar-refractivity contribution >= 4 is 33.2 Å². The number of carbonyl (C=O) groups is 2. The fraction of sp³-hybridized carbons (Fsp3) is 0.444. The van der Waals surface area contributed by atoms with E-state index in [0.717, 1.165) is 44.1 Å². The van der Waals surface area contributed by atoms with Gasteiger partial charge in [-0.2, -0.15) is 0 Å². The number of hydrogen-bond donors (Lipinski definition) is 1. The molecule has 0 amide bonds. The van der Waals surface area contributed by atoms with Crippen molar-refractivity contribution in [2.75, 3.05) is 29.6 Å². The second kappa shape index (κ2) is 6.88. The van der Waals surface area contributed by atoms with Crippen molar-refractivity contribution in [1.82, 2.24) is 0 Å². The first-order valence-electron chi connectivity index (χ1n) is 8.59. The van der Waals surface area contributed by atoms with Gasteiger partial charge in [0.1, 0.15) is 0 Å². The Morgan fingerprint density at radius 1 is 1.11 bits per heavy atom. The summed E-state index contributed by atoms with van der Waals surface area (Å²) in [6.07, 6.45) is 4.38. The molecule has 0 spiro atoms. The first kappa shape index (κ1) is 19.2. The van der Waals surface area contributed by atoms with E-state index in [2.05, 4.69) is 10.2 Å². The number of nitrogens with one attached hydrogen (secondary N) is 1. The molecule has 1 N–H and O–H groups in total. The van der Waals surface area contributed by atoms with Crippen molar-refractivity contribution < 1.29 is 27.5 Å². The molecule has 8 nitrogen and oxygen atoms in total. The summed E-state index contributed by atoms with van der Waals surface area (Å²) in [5, 5.41) is 2.77. The number of nitrogens with zero attached hydrogens (tertiary/aromatic N) is 1. The van der Waals surface area contributed by atoms with Crippen molar-refractivity contribution in [3.63, 3.8) is 0 Å². The highest BCUT2D eigenvalue weighted by Gasteiger charge is 2.39. The number of rotatable bonds is 4. The Morgan fingerprint density at radius 2 is 1.70 bits per heavy atom. The molecule has 146 valence electrons. The van der Waals surface area contributed by atoms with E-state index in [4.69, 9.17) is 9.47 Å². The largest absolute Gasteiger partial charge is 0.419 e. The van der Waals surface area contributed by atoms with Gasteiger partial charge in [-0.3, -0.25) is 0 Å². The molecule has 0 atom stereocenters. The van der Waals surface area contributed by atoms with Crippen LogP contribution in [0.5, 0.6) is 0 Å². The summed E-state index contributed by atoms with van der Waals surface area (Å²) in [4.78, 5) is 26.3. The van der Waals surface area contributed by atoms with Gasteiger partial charge in [0.05, 0.1) is 10.6 Å². The number of hydrogen-bond acceptors (Lipinski definition) is 8. The summed E-state index contributed by atoms with van der Waals surface area (Å²) in [7, 11) is -3.51. The van der Waals surface area contributed by atoms with Crippen LogP contribution in [-0.2, 0) is 28.9 Å². The molecule has 0 radical (unpaired) electrons. The summed E-state index contributed by atoms with van der Waals surface area (Å²) >= 11 is 0. The van der Waals surface area contributed by atoms with Crippen molar-refractivity contribution in [2.24, 2.45) is 0 Å². The summed E-state index contributed by atoms with van der Waals surface area (Å²) < 4.78 is 34.2. The first-order chi connectivity index (χ1) is 12.6. The van der Waals surface area contributed by atoms with Gasteiger partial charge in [0.25, 0.3) is 5.79 Å². The maximum atomic E-state index is 12.1. The van der Waals surface area contributed by atoms with Crippen molar-refractivity contribution in [3.05, 3.63) is 30.0 Å². The second-order valence-electron chi connectivity index (χ2n) is 7.03. The lowest BCUT2D eigenvalue weighted by atomic mass is 10.2. The van der Waals surface area contributed by atoms with E-state index in [1.807, 2.05) is 0 Å². The van der Waals surface area contributed by atoms with Crippen LogP contribution in [0.15, 0.2) is 34.9 Å². The Hall–Kier alpha value is -2.55. The number of sulfone groups is 1. The summed E-state index contributed by atoms with van der Waals surface area (Å²) in [5.41, 5.74) is 0.816. The fourth-order valence-electron chi connectivity index (χ4n) is 3.05. The highest BCUT2D eigenvalue weighted by molar-refractivity contribution is 7.90. The van der Waals surface area contributed by atoms with E-state index < -0.39 is 27.6 Å². The molecule has 1 aromatic carbocycles. The van der Waals surface area contributed by atoms with E-state index in [1.165, 1.54) is 19.9 Å². The second-order valence-corrected chi connectivity index (χ2v) is 9.01. The van der Waals surface area contributed by atoms with Gasteiger partial charge < -0.3 is 19.7 Å². The zero-order chi connectivity index (χ0) is 19.8. The first-order valence-corrected chi connectivity index (χ1v) is 10.5. The maximum Gasteiger partial charge on any atom is 0.350 e. The summed E-state index contributed by atoms with van der Waals surface area (Å²) in [6.45, 7) is 4.70. The average molecular weight is 394 g/mol. The predicted molar refractivity (Wildman–Crippen MR) is 99.0 cm³/mol. The van der Waals surface area contributed by atoms with Crippen molar-refractivity contribution in [1.29, 1.82) is 0 Å². The molecule has 1 aromatic rings. The van der Waals surface area contributed by atoms with Gasteiger partial charge in [0.15, 0.2) is 15.4 Å². The van der Waals surface area contributed by atoms with Crippen molar-refractivity contribution in [2.45, 2.75) is 37.4 Å². The zero-order valence-electron chi connectivity index (χ0n) is 15.4. The monoisotopic (exact) mass is 394 g/mol. The molecule has 27 heavy (non-hydrogen) atoms. The lowest BCUT2D eigenvalue weighted by Crippen LogP contribution is -2.42. The highest BCUT2D eigenvalue weighted by Crippen LogP contribution is 2.30. The Bertz CT molecular complexity index is 892. The van der Waals surface area contributed by atoms with Gasteiger partial charge >= 0.3 is 11.9 Å². The molecule has 0 aliphatic carbocycles. The molecule has 2 heterocycles. The summed E-state index contributed by atoms with van der Waals surface area (Å²) in [5.74, 6) is -3.00. The number of anilines is 2. The molecule has 0 unspecified atom stereocenters. The Balaban J connectivity index is 1.93. The quantitative estimate of drug-likeness (QED) is 0.469. The molecule has 3 rings (SSSR count). The topological polar surface area (TPSA) is 102 Å². The number of ether oxygens (including phenoxy) is 2. The van der Waals surface area contributed by atoms with Gasteiger partial charge in [-0.1, -0.05) is 0 Å². The lowest BCUT2D eigenvalue weighted by Gasteiger charge is -2.29. The standard InChI is InChI=1S/C18H22N2O6S/c1-18(2)25-16(21)13(17(22)26-18)11-19-14-10-12(20-8-4-5-9-20)6-7-15(14)27(3,23)24/h6-7,10-11,19H,4-5,8-9H2,1-3H3. The molecule has 0 bridgehead atoms.